The topological polar surface area (TPSA) is 41.6 Å². The van der Waals surface area contributed by atoms with E-state index in [-0.39, 0.29) is 5.91 Å². The minimum absolute atomic E-state index is 0.179. The van der Waals surface area contributed by atoms with E-state index in [4.69, 9.17) is 4.74 Å². The molecule has 2 saturated heterocycles. The van der Waals surface area contributed by atoms with Gasteiger partial charge in [0, 0.05) is 37.0 Å². The SMILES string of the molecule is CC(C)N1C[C@@H]2COC[C@@H](CC(=O)NCCc3cccs3)[C@@H]2C1. The molecule has 0 spiro atoms. The first kappa shape index (κ1) is 16.9. The summed E-state index contributed by atoms with van der Waals surface area (Å²) in [6.07, 6.45) is 1.54. The first-order valence-electron chi connectivity index (χ1n) is 8.74. The molecular weight excluding hydrogens is 308 g/mol. The van der Waals surface area contributed by atoms with Crippen LogP contribution in [0.1, 0.15) is 25.1 Å². The molecule has 1 aromatic rings. The van der Waals surface area contributed by atoms with Gasteiger partial charge in [-0.05, 0) is 49.5 Å². The maximum atomic E-state index is 12.3. The van der Waals surface area contributed by atoms with Crippen LogP contribution in [0.3, 0.4) is 0 Å². The van der Waals surface area contributed by atoms with E-state index in [0.717, 1.165) is 39.3 Å². The van der Waals surface area contributed by atoms with Crippen LogP contribution in [-0.4, -0.2) is 49.7 Å². The molecule has 3 rings (SSSR count). The number of rotatable bonds is 6. The molecule has 3 heterocycles. The number of likely N-dealkylation sites (tertiary alicyclic amines) is 1. The van der Waals surface area contributed by atoms with E-state index < -0.39 is 0 Å². The zero-order valence-corrected chi connectivity index (χ0v) is 15.0. The molecule has 128 valence electrons. The van der Waals surface area contributed by atoms with E-state index in [1.807, 2.05) is 0 Å². The number of nitrogens with zero attached hydrogens (tertiary/aromatic N) is 1. The Morgan fingerprint density at radius 3 is 3.04 bits per heavy atom. The summed E-state index contributed by atoms with van der Waals surface area (Å²) in [5, 5.41) is 5.16. The summed E-state index contributed by atoms with van der Waals surface area (Å²) in [5.41, 5.74) is 0. The van der Waals surface area contributed by atoms with E-state index in [1.165, 1.54) is 4.88 Å². The second kappa shape index (κ2) is 7.77. The van der Waals surface area contributed by atoms with Crippen molar-refractivity contribution in [3.8, 4) is 0 Å². The van der Waals surface area contributed by atoms with Crippen LogP contribution in [-0.2, 0) is 16.0 Å². The average molecular weight is 337 g/mol. The van der Waals surface area contributed by atoms with Crippen LogP contribution < -0.4 is 5.32 Å². The number of carbonyl (C=O) groups excluding carboxylic acids is 1. The molecule has 0 aromatic carbocycles. The van der Waals surface area contributed by atoms with Gasteiger partial charge in [-0.25, -0.2) is 0 Å². The lowest BCUT2D eigenvalue weighted by molar-refractivity contribution is -0.124. The summed E-state index contributed by atoms with van der Waals surface area (Å²) in [6, 6.07) is 4.76. The van der Waals surface area contributed by atoms with E-state index in [0.29, 0.717) is 30.2 Å². The van der Waals surface area contributed by atoms with Gasteiger partial charge in [0.15, 0.2) is 0 Å². The summed E-state index contributed by atoms with van der Waals surface area (Å²) in [7, 11) is 0. The number of carbonyl (C=O) groups is 1. The quantitative estimate of drug-likeness (QED) is 0.867. The van der Waals surface area contributed by atoms with Gasteiger partial charge >= 0.3 is 0 Å². The Hall–Kier alpha value is -0.910. The van der Waals surface area contributed by atoms with Gasteiger partial charge in [-0.15, -0.1) is 11.3 Å². The van der Waals surface area contributed by atoms with Crippen LogP contribution in [0.15, 0.2) is 17.5 Å². The minimum atomic E-state index is 0.179. The summed E-state index contributed by atoms with van der Waals surface area (Å²) >= 11 is 1.75. The van der Waals surface area contributed by atoms with Gasteiger partial charge in [0.1, 0.15) is 0 Å². The Morgan fingerprint density at radius 1 is 1.43 bits per heavy atom. The third-order valence-electron chi connectivity index (χ3n) is 5.24. The molecular formula is C18H28N2O2S. The van der Waals surface area contributed by atoms with Crippen LogP contribution >= 0.6 is 11.3 Å². The molecule has 3 atom stereocenters. The molecule has 1 aromatic heterocycles. The van der Waals surface area contributed by atoms with Crippen LogP contribution in [0.4, 0.5) is 0 Å². The molecule has 4 nitrogen and oxygen atoms in total. The zero-order chi connectivity index (χ0) is 16.2. The minimum Gasteiger partial charge on any atom is -0.381 e. The van der Waals surface area contributed by atoms with Crippen LogP contribution in [0, 0.1) is 17.8 Å². The van der Waals surface area contributed by atoms with Gasteiger partial charge in [-0.2, -0.15) is 0 Å². The second-order valence-corrected chi connectivity index (χ2v) is 8.18. The van der Waals surface area contributed by atoms with E-state index >= 15 is 0 Å². The van der Waals surface area contributed by atoms with E-state index in [2.05, 4.69) is 41.6 Å². The molecule has 0 saturated carbocycles. The third kappa shape index (κ3) is 4.34. The molecule has 1 amide bonds. The van der Waals surface area contributed by atoms with Crippen molar-refractivity contribution < 1.29 is 9.53 Å². The highest BCUT2D eigenvalue weighted by Gasteiger charge is 2.41. The Kier molecular flexibility index (Phi) is 5.72. The maximum absolute atomic E-state index is 12.3. The molecule has 0 radical (unpaired) electrons. The largest absolute Gasteiger partial charge is 0.381 e. The smallest absolute Gasteiger partial charge is 0.220 e. The summed E-state index contributed by atoms with van der Waals surface area (Å²) in [5.74, 6) is 1.78. The van der Waals surface area contributed by atoms with Crippen molar-refractivity contribution in [3.05, 3.63) is 22.4 Å². The Balaban J connectivity index is 1.45. The van der Waals surface area contributed by atoms with Crippen molar-refractivity contribution >= 4 is 17.2 Å². The van der Waals surface area contributed by atoms with Crippen molar-refractivity contribution in [3.63, 3.8) is 0 Å². The van der Waals surface area contributed by atoms with Crippen molar-refractivity contribution in [2.45, 2.75) is 32.7 Å². The maximum Gasteiger partial charge on any atom is 0.220 e. The van der Waals surface area contributed by atoms with Crippen molar-refractivity contribution in [1.29, 1.82) is 0 Å². The first-order chi connectivity index (χ1) is 11.1. The molecule has 0 bridgehead atoms. The Morgan fingerprint density at radius 2 is 2.30 bits per heavy atom. The summed E-state index contributed by atoms with van der Waals surface area (Å²) in [4.78, 5) is 16.1. The lowest BCUT2D eigenvalue weighted by Crippen LogP contribution is -2.38. The Bertz CT molecular complexity index is 503. The van der Waals surface area contributed by atoms with Crippen molar-refractivity contribution in [2.75, 3.05) is 32.8 Å². The predicted molar refractivity (Wildman–Crippen MR) is 93.6 cm³/mol. The number of nitrogens with one attached hydrogen (secondary N) is 1. The lowest BCUT2D eigenvalue weighted by atomic mass is 9.81. The highest BCUT2D eigenvalue weighted by molar-refractivity contribution is 7.09. The van der Waals surface area contributed by atoms with Gasteiger partial charge in [-0.1, -0.05) is 6.07 Å². The molecule has 1 N–H and O–H groups in total. The molecule has 5 heteroatoms. The number of thiophene rings is 1. The highest BCUT2D eigenvalue weighted by Crippen LogP contribution is 2.36. The number of ether oxygens (including phenoxy) is 1. The number of hydrogen-bond acceptors (Lipinski definition) is 4. The van der Waals surface area contributed by atoms with E-state index in [1.54, 1.807) is 11.3 Å². The molecule has 2 aliphatic rings. The molecule has 2 fully saturated rings. The number of fused-ring (bicyclic) bond motifs is 1. The van der Waals surface area contributed by atoms with Crippen molar-refractivity contribution in [1.82, 2.24) is 10.2 Å². The highest BCUT2D eigenvalue weighted by atomic mass is 32.1. The molecule has 0 aliphatic carbocycles. The molecule has 2 aliphatic heterocycles. The standard InChI is InChI=1S/C18H28N2O2S/c1-13(2)20-9-15-12-22-11-14(17(15)10-20)8-18(21)19-6-5-16-4-3-7-23-16/h3-4,7,13-15,17H,5-6,8-12H2,1-2H3,(H,19,21)/t14-,15-,17+/m1/s1. The zero-order valence-electron chi connectivity index (χ0n) is 14.2. The molecule has 23 heavy (non-hydrogen) atoms. The van der Waals surface area contributed by atoms with Crippen LogP contribution in [0.25, 0.3) is 0 Å². The van der Waals surface area contributed by atoms with Gasteiger partial charge in [-0.3, -0.25) is 4.79 Å². The number of hydrogen-bond donors (Lipinski definition) is 1. The third-order valence-corrected chi connectivity index (χ3v) is 6.18. The lowest BCUT2D eigenvalue weighted by Gasteiger charge is -2.32. The summed E-state index contributed by atoms with van der Waals surface area (Å²) < 4.78 is 5.78. The number of amides is 1. The van der Waals surface area contributed by atoms with Gasteiger partial charge in [0.05, 0.1) is 13.2 Å². The Labute approximate surface area is 143 Å². The first-order valence-corrected chi connectivity index (χ1v) is 9.62. The van der Waals surface area contributed by atoms with E-state index in [9.17, 15) is 4.79 Å². The van der Waals surface area contributed by atoms with Gasteiger partial charge in [0.25, 0.3) is 0 Å². The fourth-order valence-corrected chi connectivity index (χ4v) is 4.57. The normalized spacial score (nSPS) is 28.0. The van der Waals surface area contributed by atoms with Crippen molar-refractivity contribution in [2.24, 2.45) is 17.8 Å². The van der Waals surface area contributed by atoms with Crippen LogP contribution in [0.5, 0.6) is 0 Å². The monoisotopic (exact) mass is 336 g/mol. The average Bonchev–Trinajstić information content (AvgIpc) is 3.16. The molecule has 0 unspecified atom stereocenters. The van der Waals surface area contributed by atoms with Gasteiger partial charge in [0.2, 0.25) is 5.91 Å². The van der Waals surface area contributed by atoms with Crippen LogP contribution in [0.2, 0.25) is 0 Å². The second-order valence-electron chi connectivity index (χ2n) is 7.15. The van der Waals surface area contributed by atoms with Gasteiger partial charge < -0.3 is 15.0 Å². The fourth-order valence-electron chi connectivity index (χ4n) is 3.86. The fraction of sp³-hybridized carbons (Fsp3) is 0.722. The summed E-state index contributed by atoms with van der Waals surface area (Å²) in [6.45, 7) is 9.10. The predicted octanol–water partition coefficient (Wildman–Crippen LogP) is 2.40.